The number of rotatable bonds is 7. The van der Waals surface area contributed by atoms with Crippen LogP contribution in [0.3, 0.4) is 0 Å². The minimum Gasteiger partial charge on any atom is -0.326 e. The molecule has 1 atom stereocenters. The second kappa shape index (κ2) is 11.4. The third-order valence-corrected chi connectivity index (χ3v) is 6.27. The second-order valence-electron chi connectivity index (χ2n) is 7.79. The number of urea groups is 1. The number of amides is 3. The Bertz CT molecular complexity index is 1380. The lowest BCUT2D eigenvalue weighted by Gasteiger charge is -2.19. The molecule has 0 aliphatic heterocycles. The van der Waals surface area contributed by atoms with Gasteiger partial charge in [0.25, 0.3) is 0 Å². The number of nitrogens with one attached hydrogen (secondary N) is 3. The molecule has 0 radical (unpaired) electrons. The van der Waals surface area contributed by atoms with E-state index in [2.05, 4.69) is 26.1 Å². The number of anilines is 2. The molecule has 0 spiro atoms. The number of alkyl halides is 3. The Morgan fingerprint density at radius 1 is 0.892 bits per heavy atom. The lowest BCUT2D eigenvalue weighted by Crippen LogP contribution is -2.47. The summed E-state index contributed by atoms with van der Waals surface area (Å²) in [4.78, 5) is 25.8. The number of carbonyl (C=O) groups is 2. The van der Waals surface area contributed by atoms with E-state index in [4.69, 9.17) is 11.6 Å². The number of para-hydroxylation sites is 1. The van der Waals surface area contributed by atoms with E-state index in [1.807, 2.05) is 0 Å². The summed E-state index contributed by atoms with van der Waals surface area (Å²) < 4.78 is 39.9. The molecule has 3 amide bonds. The summed E-state index contributed by atoms with van der Waals surface area (Å²) in [6, 6.07) is 18.3. The van der Waals surface area contributed by atoms with Crippen LogP contribution in [-0.4, -0.2) is 28.2 Å². The summed E-state index contributed by atoms with van der Waals surface area (Å²) in [6.45, 7) is 0. The first-order valence-electron chi connectivity index (χ1n) is 10.9. The molecule has 3 aromatic carbocycles. The number of benzene rings is 3. The van der Waals surface area contributed by atoms with Crippen molar-refractivity contribution in [1.29, 1.82) is 0 Å². The van der Waals surface area contributed by atoms with E-state index in [0.717, 1.165) is 34.6 Å². The molecule has 4 rings (SSSR count). The minimum absolute atomic E-state index is 0.0872. The summed E-state index contributed by atoms with van der Waals surface area (Å²) in [5.41, 5.74) is 0.0581. The standard InChI is InChI=1S/C25H19ClF3N5O2S/c26-17-12-10-16(11-13-17)22-33-34-24(37-22)32-21(35)20(14-15-6-2-1-3-7-15)31-23(36)30-19-9-5-4-8-18(19)25(27,28)29/h1-13,20H,14H2,(H2,30,31,36)(H,32,34,35). The van der Waals surface area contributed by atoms with E-state index in [-0.39, 0.29) is 11.6 Å². The van der Waals surface area contributed by atoms with E-state index < -0.39 is 35.4 Å². The zero-order valence-corrected chi connectivity index (χ0v) is 20.5. The molecule has 0 aliphatic rings. The van der Waals surface area contributed by atoms with Gasteiger partial charge in [-0.3, -0.25) is 10.1 Å². The molecule has 7 nitrogen and oxygen atoms in total. The van der Waals surface area contributed by atoms with Crippen LogP contribution < -0.4 is 16.0 Å². The fraction of sp³-hybridized carbons (Fsp3) is 0.120. The molecule has 1 unspecified atom stereocenters. The van der Waals surface area contributed by atoms with Gasteiger partial charge >= 0.3 is 12.2 Å². The van der Waals surface area contributed by atoms with Crippen LogP contribution in [0.4, 0.5) is 28.8 Å². The molecule has 1 heterocycles. The van der Waals surface area contributed by atoms with Crippen molar-refractivity contribution in [3.8, 4) is 10.6 Å². The molecule has 0 saturated carbocycles. The molecule has 0 bridgehead atoms. The van der Waals surface area contributed by atoms with Gasteiger partial charge in [-0.05, 0) is 29.8 Å². The minimum atomic E-state index is -4.66. The highest BCUT2D eigenvalue weighted by Crippen LogP contribution is 2.34. The monoisotopic (exact) mass is 545 g/mol. The van der Waals surface area contributed by atoms with Crippen LogP contribution in [-0.2, 0) is 17.4 Å². The smallest absolute Gasteiger partial charge is 0.326 e. The molecule has 4 aromatic rings. The first-order valence-corrected chi connectivity index (χ1v) is 12.1. The average molecular weight is 546 g/mol. The number of carbonyl (C=O) groups excluding carboxylic acids is 2. The van der Waals surface area contributed by atoms with Crippen LogP contribution in [0.1, 0.15) is 11.1 Å². The quantitative estimate of drug-likeness (QED) is 0.256. The first-order chi connectivity index (χ1) is 17.7. The predicted molar refractivity (Wildman–Crippen MR) is 137 cm³/mol. The van der Waals surface area contributed by atoms with Crippen molar-refractivity contribution >= 4 is 45.7 Å². The Kier molecular flexibility index (Phi) is 8.04. The lowest BCUT2D eigenvalue weighted by atomic mass is 10.1. The summed E-state index contributed by atoms with van der Waals surface area (Å²) >= 11 is 7.03. The van der Waals surface area contributed by atoms with Gasteiger partial charge in [0, 0.05) is 17.0 Å². The number of hydrogen-bond acceptors (Lipinski definition) is 5. The van der Waals surface area contributed by atoms with Gasteiger partial charge < -0.3 is 10.6 Å². The number of nitrogens with zero attached hydrogens (tertiary/aromatic N) is 2. The second-order valence-corrected chi connectivity index (χ2v) is 9.21. The van der Waals surface area contributed by atoms with Crippen LogP contribution in [0.15, 0.2) is 78.9 Å². The summed E-state index contributed by atoms with van der Waals surface area (Å²) in [5.74, 6) is -0.609. The maximum Gasteiger partial charge on any atom is 0.418 e. The van der Waals surface area contributed by atoms with E-state index in [1.165, 1.54) is 12.1 Å². The van der Waals surface area contributed by atoms with Crippen molar-refractivity contribution in [2.45, 2.75) is 18.6 Å². The average Bonchev–Trinajstić information content (AvgIpc) is 3.33. The molecule has 12 heteroatoms. The topological polar surface area (TPSA) is 96.0 Å². The molecular formula is C25H19ClF3N5O2S. The first kappa shape index (κ1) is 26.1. The Balaban J connectivity index is 1.50. The van der Waals surface area contributed by atoms with E-state index in [1.54, 1.807) is 54.6 Å². The third-order valence-electron chi connectivity index (χ3n) is 5.13. The SMILES string of the molecule is O=C(Nc1ccccc1C(F)(F)F)NC(Cc1ccccc1)C(=O)Nc1nnc(-c2ccc(Cl)cc2)s1. The van der Waals surface area contributed by atoms with Gasteiger partial charge in [-0.25, -0.2) is 4.79 Å². The Hall–Kier alpha value is -3.96. The van der Waals surface area contributed by atoms with Crippen molar-refractivity contribution in [3.63, 3.8) is 0 Å². The maximum absolute atomic E-state index is 13.3. The fourth-order valence-corrected chi connectivity index (χ4v) is 4.27. The summed E-state index contributed by atoms with van der Waals surface area (Å²) in [5, 5.41) is 16.6. The molecule has 0 aliphatic carbocycles. The Labute approximate surface area is 218 Å². The van der Waals surface area contributed by atoms with Crippen LogP contribution in [0.25, 0.3) is 10.6 Å². The molecule has 190 valence electrons. The van der Waals surface area contributed by atoms with Crippen molar-refractivity contribution < 1.29 is 22.8 Å². The zero-order chi connectivity index (χ0) is 26.4. The fourth-order valence-electron chi connectivity index (χ4n) is 3.39. The van der Waals surface area contributed by atoms with Crippen LogP contribution >= 0.6 is 22.9 Å². The largest absolute Gasteiger partial charge is 0.418 e. The van der Waals surface area contributed by atoms with Gasteiger partial charge in [0.05, 0.1) is 11.3 Å². The van der Waals surface area contributed by atoms with Crippen LogP contribution in [0.5, 0.6) is 0 Å². The van der Waals surface area contributed by atoms with Crippen molar-refractivity contribution in [3.05, 3.63) is 95.0 Å². The molecule has 3 N–H and O–H groups in total. The van der Waals surface area contributed by atoms with Gasteiger partial charge in [-0.1, -0.05) is 77.5 Å². The maximum atomic E-state index is 13.3. The van der Waals surface area contributed by atoms with Gasteiger partial charge in [-0.15, -0.1) is 10.2 Å². The highest BCUT2D eigenvalue weighted by Gasteiger charge is 2.34. The highest BCUT2D eigenvalue weighted by atomic mass is 35.5. The van der Waals surface area contributed by atoms with E-state index in [0.29, 0.717) is 10.0 Å². The van der Waals surface area contributed by atoms with E-state index in [9.17, 15) is 22.8 Å². The summed E-state index contributed by atoms with van der Waals surface area (Å²) in [6.07, 6.45) is -4.58. The van der Waals surface area contributed by atoms with Crippen molar-refractivity contribution in [2.24, 2.45) is 0 Å². The highest BCUT2D eigenvalue weighted by molar-refractivity contribution is 7.18. The molecule has 1 aromatic heterocycles. The Morgan fingerprint density at radius 2 is 1.57 bits per heavy atom. The number of hydrogen-bond donors (Lipinski definition) is 3. The predicted octanol–water partition coefficient (Wildman–Crippen LogP) is 6.25. The Morgan fingerprint density at radius 3 is 2.27 bits per heavy atom. The van der Waals surface area contributed by atoms with Crippen molar-refractivity contribution in [1.82, 2.24) is 15.5 Å². The van der Waals surface area contributed by atoms with Gasteiger partial charge in [-0.2, -0.15) is 13.2 Å². The molecule has 0 fully saturated rings. The zero-order valence-electron chi connectivity index (χ0n) is 18.9. The van der Waals surface area contributed by atoms with E-state index >= 15 is 0 Å². The molecule has 37 heavy (non-hydrogen) atoms. The van der Waals surface area contributed by atoms with Gasteiger partial charge in [0.2, 0.25) is 11.0 Å². The van der Waals surface area contributed by atoms with Gasteiger partial charge in [0.1, 0.15) is 11.0 Å². The lowest BCUT2D eigenvalue weighted by molar-refractivity contribution is -0.137. The van der Waals surface area contributed by atoms with Crippen molar-refractivity contribution in [2.75, 3.05) is 10.6 Å². The molecular weight excluding hydrogens is 527 g/mol. The van der Waals surface area contributed by atoms with Crippen LogP contribution in [0, 0.1) is 0 Å². The molecule has 0 saturated heterocycles. The number of aromatic nitrogens is 2. The normalized spacial score (nSPS) is 12.0. The third kappa shape index (κ3) is 7.05. The van der Waals surface area contributed by atoms with Gasteiger partial charge in [0.15, 0.2) is 0 Å². The summed E-state index contributed by atoms with van der Waals surface area (Å²) in [7, 11) is 0. The number of halogens is 4. The van der Waals surface area contributed by atoms with Crippen LogP contribution in [0.2, 0.25) is 5.02 Å².